The molecular formula is C17H17ClN2OS2. The van der Waals surface area contributed by atoms with Gasteiger partial charge in [-0.3, -0.25) is 4.79 Å². The summed E-state index contributed by atoms with van der Waals surface area (Å²) in [6.45, 7) is 0.553. The van der Waals surface area contributed by atoms with Crippen molar-refractivity contribution in [2.45, 2.75) is 6.04 Å². The Morgan fingerprint density at radius 2 is 2.04 bits per heavy atom. The van der Waals surface area contributed by atoms with Crippen molar-refractivity contribution in [3.05, 3.63) is 56.6 Å². The van der Waals surface area contributed by atoms with E-state index in [1.165, 1.54) is 16.2 Å². The van der Waals surface area contributed by atoms with E-state index >= 15 is 0 Å². The van der Waals surface area contributed by atoms with Crippen molar-refractivity contribution < 1.29 is 4.79 Å². The molecule has 1 aromatic carbocycles. The lowest BCUT2D eigenvalue weighted by atomic mass is 10.2. The van der Waals surface area contributed by atoms with Crippen LogP contribution in [0.5, 0.6) is 0 Å². The van der Waals surface area contributed by atoms with Crippen LogP contribution in [0.15, 0.2) is 41.8 Å². The number of carbonyl (C=O) groups is 1. The number of amides is 1. The molecule has 0 fully saturated rings. The van der Waals surface area contributed by atoms with Gasteiger partial charge in [-0.2, -0.15) is 0 Å². The number of benzene rings is 1. The Morgan fingerprint density at radius 3 is 2.70 bits per heavy atom. The van der Waals surface area contributed by atoms with E-state index in [4.69, 9.17) is 11.6 Å². The second-order valence-corrected chi connectivity index (χ2v) is 7.86. The Balaban J connectivity index is 1.76. The zero-order valence-corrected chi connectivity index (χ0v) is 15.3. The Bertz CT molecular complexity index is 811. The van der Waals surface area contributed by atoms with E-state index in [-0.39, 0.29) is 11.9 Å². The molecule has 0 saturated heterocycles. The number of nitrogens with zero attached hydrogens (tertiary/aromatic N) is 1. The van der Waals surface area contributed by atoms with Gasteiger partial charge in [0.15, 0.2) is 0 Å². The molecule has 0 aliphatic heterocycles. The van der Waals surface area contributed by atoms with E-state index in [0.717, 1.165) is 10.1 Å². The maximum Gasteiger partial charge on any atom is 0.262 e. The van der Waals surface area contributed by atoms with Crippen LogP contribution in [-0.2, 0) is 0 Å². The van der Waals surface area contributed by atoms with Gasteiger partial charge in [-0.1, -0.05) is 35.9 Å². The number of hydrogen-bond acceptors (Lipinski definition) is 4. The number of nitrogens with one attached hydrogen (secondary N) is 1. The van der Waals surface area contributed by atoms with Crippen LogP contribution in [0.1, 0.15) is 20.6 Å². The Labute approximate surface area is 148 Å². The Kier molecular flexibility index (Phi) is 5.02. The summed E-state index contributed by atoms with van der Waals surface area (Å²) < 4.78 is 1.03. The van der Waals surface area contributed by atoms with Gasteiger partial charge in [0.05, 0.1) is 11.1 Å². The molecule has 0 unspecified atom stereocenters. The van der Waals surface area contributed by atoms with Crippen molar-refractivity contribution in [1.29, 1.82) is 0 Å². The zero-order valence-electron chi connectivity index (χ0n) is 12.9. The summed E-state index contributed by atoms with van der Waals surface area (Å²) in [5, 5.41) is 6.55. The highest BCUT2D eigenvalue weighted by Crippen LogP contribution is 2.35. The monoisotopic (exact) mass is 364 g/mol. The summed E-state index contributed by atoms with van der Waals surface area (Å²) in [5.41, 5.74) is 0. The first-order valence-corrected chi connectivity index (χ1v) is 9.30. The van der Waals surface area contributed by atoms with E-state index < -0.39 is 0 Å². The maximum atomic E-state index is 12.5. The third kappa shape index (κ3) is 3.43. The van der Waals surface area contributed by atoms with Gasteiger partial charge in [0.1, 0.15) is 4.88 Å². The molecule has 0 radical (unpaired) electrons. The predicted octanol–water partition coefficient (Wildman–Crippen LogP) is 4.65. The highest BCUT2D eigenvalue weighted by Gasteiger charge is 2.20. The molecular weight excluding hydrogens is 348 g/mol. The maximum absolute atomic E-state index is 12.5. The fourth-order valence-corrected chi connectivity index (χ4v) is 4.80. The first-order valence-electron chi connectivity index (χ1n) is 7.23. The van der Waals surface area contributed by atoms with Crippen molar-refractivity contribution in [2.24, 2.45) is 0 Å². The molecule has 120 valence electrons. The zero-order chi connectivity index (χ0) is 16.4. The Morgan fingerprint density at radius 1 is 1.26 bits per heavy atom. The summed E-state index contributed by atoms with van der Waals surface area (Å²) in [6.07, 6.45) is 0. The van der Waals surface area contributed by atoms with Gasteiger partial charge >= 0.3 is 0 Å². The van der Waals surface area contributed by atoms with Gasteiger partial charge in [0.25, 0.3) is 5.91 Å². The number of carbonyl (C=O) groups excluding carboxylic acids is 1. The average molecular weight is 365 g/mol. The summed E-state index contributed by atoms with van der Waals surface area (Å²) >= 11 is 9.50. The second kappa shape index (κ2) is 7.01. The molecule has 2 heterocycles. The lowest BCUT2D eigenvalue weighted by Gasteiger charge is -2.23. The minimum Gasteiger partial charge on any atom is -0.349 e. The van der Waals surface area contributed by atoms with Crippen molar-refractivity contribution in [1.82, 2.24) is 10.2 Å². The quantitative estimate of drug-likeness (QED) is 0.714. The van der Waals surface area contributed by atoms with Crippen LogP contribution in [0.4, 0.5) is 0 Å². The SMILES string of the molecule is CN(C)[C@H](CNC(=O)c1sc2ccccc2c1Cl)c1cccs1. The summed E-state index contributed by atoms with van der Waals surface area (Å²) in [6, 6.07) is 12.1. The van der Waals surface area contributed by atoms with E-state index in [1.54, 1.807) is 11.3 Å². The molecule has 6 heteroatoms. The van der Waals surface area contributed by atoms with Gasteiger partial charge < -0.3 is 10.2 Å². The third-order valence-electron chi connectivity index (χ3n) is 3.69. The summed E-state index contributed by atoms with van der Waals surface area (Å²) in [7, 11) is 4.03. The van der Waals surface area contributed by atoms with Crippen molar-refractivity contribution in [3.8, 4) is 0 Å². The molecule has 0 bridgehead atoms. The number of fused-ring (bicyclic) bond motifs is 1. The van der Waals surface area contributed by atoms with Crippen LogP contribution in [-0.4, -0.2) is 31.4 Å². The minimum atomic E-state index is -0.111. The summed E-state index contributed by atoms with van der Waals surface area (Å²) in [4.78, 5) is 16.5. The minimum absolute atomic E-state index is 0.111. The highest BCUT2D eigenvalue weighted by atomic mass is 35.5. The number of likely N-dealkylation sites (N-methyl/N-ethyl adjacent to an activating group) is 1. The molecule has 1 N–H and O–H groups in total. The first kappa shape index (κ1) is 16.5. The molecule has 23 heavy (non-hydrogen) atoms. The molecule has 0 spiro atoms. The van der Waals surface area contributed by atoms with Crippen LogP contribution in [0.25, 0.3) is 10.1 Å². The molecule has 0 aliphatic carbocycles. The molecule has 3 nitrogen and oxygen atoms in total. The van der Waals surface area contributed by atoms with E-state index in [1.807, 2.05) is 44.4 Å². The lowest BCUT2D eigenvalue weighted by Crippen LogP contribution is -2.33. The van der Waals surface area contributed by atoms with Crippen LogP contribution in [0.2, 0.25) is 5.02 Å². The van der Waals surface area contributed by atoms with Gasteiger partial charge in [0.2, 0.25) is 0 Å². The first-order chi connectivity index (χ1) is 11.1. The highest BCUT2D eigenvalue weighted by molar-refractivity contribution is 7.21. The van der Waals surface area contributed by atoms with Crippen LogP contribution >= 0.6 is 34.3 Å². The van der Waals surface area contributed by atoms with Gasteiger partial charge in [-0.25, -0.2) is 0 Å². The van der Waals surface area contributed by atoms with E-state index in [0.29, 0.717) is 16.4 Å². The topological polar surface area (TPSA) is 32.3 Å². The molecule has 1 atom stereocenters. The fraction of sp³-hybridized carbons (Fsp3) is 0.235. The number of halogens is 1. The second-order valence-electron chi connectivity index (χ2n) is 5.45. The third-order valence-corrected chi connectivity index (χ3v) is 6.34. The fourth-order valence-electron chi connectivity index (χ4n) is 2.45. The lowest BCUT2D eigenvalue weighted by molar-refractivity contribution is 0.0946. The summed E-state index contributed by atoms with van der Waals surface area (Å²) in [5.74, 6) is -0.111. The van der Waals surface area contributed by atoms with Crippen LogP contribution < -0.4 is 5.32 Å². The van der Waals surface area contributed by atoms with Crippen LogP contribution in [0.3, 0.4) is 0 Å². The van der Waals surface area contributed by atoms with E-state index in [9.17, 15) is 4.79 Å². The van der Waals surface area contributed by atoms with Crippen molar-refractivity contribution >= 4 is 50.3 Å². The van der Waals surface area contributed by atoms with Gasteiger partial charge in [0, 0.05) is 21.5 Å². The van der Waals surface area contributed by atoms with Crippen molar-refractivity contribution in [3.63, 3.8) is 0 Å². The standard InChI is InChI=1S/C17H17ClN2OS2/c1-20(2)12(14-8-5-9-22-14)10-19-17(21)16-15(18)11-6-3-4-7-13(11)23-16/h3-9,12H,10H2,1-2H3,(H,19,21)/t12-/m1/s1. The van der Waals surface area contributed by atoms with Crippen molar-refractivity contribution in [2.75, 3.05) is 20.6 Å². The molecule has 0 aliphatic rings. The van der Waals surface area contributed by atoms with Gasteiger partial charge in [-0.05, 0) is 31.6 Å². The molecule has 3 aromatic rings. The molecule has 3 rings (SSSR count). The number of thiophene rings is 2. The molecule has 1 amide bonds. The van der Waals surface area contributed by atoms with Crippen LogP contribution in [0, 0.1) is 0 Å². The smallest absolute Gasteiger partial charge is 0.262 e. The molecule has 0 saturated carbocycles. The van der Waals surface area contributed by atoms with Gasteiger partial charge in [-0.15, -0.1) is 22.7 Å². The average Bonchev–Trinajstić information content (AvgIpc) is 3.16. The number of rotatable bonds is 5. The Hall–Kier alpha value is -1.40. The number of hydrogen-bond donors (Lipinski definition) is 1. The molecule has 2 aromatic heterocycles. The van der Waals surface area contributed by atoms with E-state index in [2.05, 4.69) is 21.7 Å². The predicted molar refractivity (Wildman–Crippen MR) is 99.9 cm³/mol. The normalized spacial score (nSPS) is 12.7. The largest absolute Gasteiger partial charge is 0.349 e.